The molecule has 0 radical (unpaired) electrons. The molecule has 142 valence electrons. The number of aromatic amines is 1. The fourth-order valence-corrected chi connectivity index (χ4v) is 3.61. The molecule has 1 aromatic heterocycles. The van der Waals surface area contributed by atoms with Gasteiger partial charge in [-0.3, -0.25) is 10.2 Å². The van der Waals surface area contributed by atoms with E-state index in [4.69, 9.17) is 0 Å². The first kappa shape index (κ1) is 18.9. The summed E-state index contributed by atoms with van der Waals surface area (Å²) in [7, 11) is -4.63. The van der Waals surface area contributed by atoms with Gasteiger partial charge in [-0.25, -0.2) is 8.42 Å². The number of benzene rings is 2. The monoisotopic (exact) mass is 397 g/mol. The number of alkyl halides is 3. The van der Waals surface area contributed by atoms with Crippen molar-refractivity contribution in [3.63, 3.8) is 0 Å². The van der Waals surface area contributed by atoms with Crippen LogP contribution < -0.4 is 10.3 Å². The van der Waals surface area contributed by atoms with Gasteiger partial charge in [0.1, 0.15) is 5.69 Å². The fraction of sp³-hybridized carbons (Fsp3) is 0.118. The van der Waals surface area contributed by atoms with E-state index >= 15 is 0 Å². The van der Waals surface area contributed by atoms with Crippen molar-refractivity contribution >= 4 is 26.8 Å². The van der Waals surface area contributed by atoms with Crippen molar-refractivity contribution in [1.29, 1.82) is 0 Å². The average molecular weight is 397 g/mol. The van der Waals surface area contributed by atoms with Crippen LogP contribution in [0, 0.1) is 6.92 Å². The van der Waals surface area contributed by atoms with Crippen LogP contribution in [0.15, 0.2) is 53.4 Å². The van der Waals surface area contributed by atoms with Crippen LogP contribution in [0.2, 0.25) is 0 Å². The number of aryl methyl sites for hydroxylation is 1. The van der Waals surface area contributed by atoms with E-state index in [1.165, 1.54) is 6.07 Å². The molecule has 1 heterocycles. The first-order valence-electron chi connectivity index (χ1n) is 7.66. The van der Waals surface area contributed by atoms with E-state index < -0.39 is 32.6 Å². The lowest BCUT2D eigenvalue weighted by Crippen LogP contribution is -2.42. The number of amides is 1. The van der Waals surface area contributed by atoms with E-state index in [2.05, 4.69) is 4.98 Å². The standard InChI is InChI=1S/C17H14F3N3O3S/c1-10-6-7-13-11(8-10)9-14(21-13)16(24)22-23-27(25,26)15-5-3-2-4-12(15)17(18,19)20/h2-9,21,23H,1H3,(H,22,24). The largest absolute Gasteiger partial charge is 0.417 e. The number of carbonyl (C=O) groups is 1. The molecule has 3 rings (SSSR count). The number of halogens is 3. The predicted octanol–water partition coefficient (Wildman–Crippen LogP) is 3.12. The molecule has 0 aliphatic carbocycles. The number of aromatic nitrogens is 1. The van der Waals surface area contributed by atoms with Gasteiger partial charge >= 0.3 is 6.18 Å². The van der Waals surface area contributed by atoms with Crippen LogP contribution in [0.3, 0.4) is 0 Å². The minimum Gasteiger partial charge on any atom is -0.350 e. The molecular formula is C17H14F3N3O3S. The Morgan fingerprint density at radius 2 is 1.78 bits per heavy atom. The zero-order valence-electron chi connectivity index (χ0n) is 13.9. The number of hydrazine groups is 1. The fourth-order valence-electron chi connectivity index (χ4n) is 2.55. The second-order valence-corrected chi connectivity index (χ2v) is 7.48. The highest BCUT2D eigenvalue weighted by molar-refractivity contribution is 7.89. The Morgan fingerprint density at radius 3 is 2.48 bits per heavy atom. The highest BCUT2D eigenvalue weighted by Gasteiger charge is 2.37. The summed E-state index contributed by atoms with van der Waals surface area (Å²) in [6.45, 7) is 1.87. The third-order valence-corrected chi connectivity index (χ3v) is 5.11. The lowest BCUT2D eigenvalue weighted by Gasteiger charge is -2.13. The molecule has 2 aromatic carbocycles. The van der Waals surface area contributed by atoms with Gasteiger partial charge in [-0.05, 0) is 37.3 Å². The maximum absolute atomic E-state index is 13.0. The maximum atomic E-state index is 13.0. The molecule has 1 amide bonds. The van der Waals surface area contributed by atoms with Gasteiger partial charge in [0, 0.05) is 10.9 Å². The molecule has 3 N–H and O–H groups in total. The van der Waals surface area contributed by atoms with E-state index in [0.29, 0.717) is 11.6 Å². The summed E-state index contributed by atoms with van der Waals surface area (Å²) < 4.78 is 63.5. The zero-order valence-corrected chi connectivity index (χ0v) is 14.7. The van der Waals surface area contributed by atoms with E-state index in [-0.39, 0.29) is 5.69 Å². The molecule has 0 saturated carbocycles. The van der Waals surface area contributed by atoms with E-state index in [1.54, 1.807) is 10.9 Å². The van der Waals surface area contributed by atoms with Crippen LogP contribution in [-0.2, 0) is 16.2 Å². The van der Waals surface area contributed by atoms with Crippen molar-refractivity contribution in [1.82, 2.24) is 15.2 Å². The Bertz CT molecular complexity index is 1120. The molecular weight excluding hydrogens is 383 g/mol. The molecule has 0 aliphatic heterocycles. The summed E-state index contributed by atoms with van der Waals surface area (Å²) in [4.78, 5) is 15.7. The molecule has 0 spiro atoms. The molecule has 0 bridgehead atoms. The number of sulfonamides is 1. The highest BCUT2D eigenvalue weighted by atomic mass is 32.2. The number of hydrogen-bond acceptors (Lipinski definition) is 3. The average Bonchev–Trinajstić information content (AvgIpc) is 3.02. The zero-order chi connectivity index (χ0) is 19.8. The highest BCUT2D eigenvalue weighted by Crippen LogP contribution is 2.33. The van der Waals surface area contributed by atoms with E-state index in [1.807, 2.05) is 24.5 Å². The minimum atomic E-state index is -4.86. The van der Waals surface area contributed by atoms with Crippen LogP contribution in [-0.4, -0.2) is 19.3 Å². The lowest BCUT2D eigenvalue weighted by molar-refractivity contribution is -0.139. The van der Waals surface area contributed by atoms with E-state index in [0.717, 1.165) is 29.1 Å². The molecule has 6 nitrogen and oxygen atoms in total. The normalized spacial score (nSPS) is 12.3. The van der Waals surface area contributed by atoms with Gasteiger partial charge in [-0.15, -0.1) is 4.83 Å². The van der Waals surface area contributed by atoms with Crippen LogP contribution in [0.5, 0.6) is 0 Å². The summed E-state index contributed by atoms with van der Waals surface area (Å²) in [6, 6.07) is 10.6. The molecule has 0 aliphatic rings. The Kier molecular flexibility index (Phi) is 4.70. The quantitative estimate of drug-likeness (QED) is 0.591. The second-order valence-electron chi connectivity index (χ2n) is 5.83. The smallest absolute Gasteiger partial charge is 0.350 e. The van der Waals surface area contributed by atoms with Gasteiger partial charge in [0.25, 0.3) is 15.9 Å². The van der Waals surface area contributed by atoms with Crippen LogP contribution >= 0.6 is 0 Å². The molecule has 27 heavy (non-hydrogen) atoms. The second kappa shape index (κ2) is 6.71. The van der Waals surface area contributed by atoms with Crippen molar-refractivity contribution in [3.8, 4) is 0 Å². The summed E-state index contributed by atoms with van der Waals surface area (Å²) >= 11 is 0. The number of rotatable bonds is 4. The number of fused-ring (bicyclic) bond motifs is 1. The molecule has 0 saturated heterocycles. The van der Waals surface area contributed by atoms with Gasteiger partial charge in [0.05, 0.1) is 10.5 Å². The lowest BCUT2D eigenvalue weighted by atomic mass is 10.2. The van der Waals surface area contributed by atoms with Crippen LogP contribution in [0.4, 0.5) is 13.2 Å². The van der Waals surface area contributed by atoms with Gasteiger partial charge in [-0.2, -0.15) is 13.2 Å². The Balaban J connectivity index is 1.82. The summed E-state index contributed by atoms with van der Waals surface area (Å²) in [6.07, 6.45) is -4.86. The molecule has 0 fully saturated rings. The number of hydrogen-bond donors (Lipinski definition) is 3. The maximum Gasteiger partial charge on any atom is 0.417 e. The molecule has 10 heteroatoms. The van der Waals surface area contributed by atoms with Crippen molar-refractivity contribution in [2.45, 2.75) is 18.0 Å². The topological polar surface area (TPSA) is 91.1 Å². The van der Waals surface area contributed by atoms with Crippen LogP contribution in [0.25, 0.3) is 10.9 Å². The summed E-state index contributed by atoms with van der Waals surface area (Å²) in [5.41, 5.74) is 2.28. The number of carbonyl (C=O) groups excluding carboxylic acids is 1. The van der Waals surface area contributed by atoms with E-state index in [9.17, 15) is 26.4 Å². The van der Waals surface area contributed by atoms with Crippen molar-refractivity contribution in [3.05, 3.63) is 65.4 Å². The van der Waals surface area contributed by atoms with Gasteiger partial charge in [0.15, 0.2) is 0 Å². The van der Waals surface area contributed by atoms with Gasteiger partial charge in [0.2, 0.25) is 0 Å². The first-order chi connectivity index (χ1) is 12.6. The first-order valence-corrected chi connectivity index (χ1v) is 9.14. The molecule has 0 atom stereocenters. The van der Waals surface area contributed by atoms with Crippen molar-refractivity contribution < 1.29 is 26.4 Å². The Hall–Kier alpha value is -2.85. The third kappa shape index (κ3) is 3.96. The SMILES string of the molecule is Cc1ccc2[nH]c(C(=O)NNS(=O)(=O)c3ccccc3C(F)(F)F)cc2c1. The van der Waals surface area contributed by atoms with Crippen molar-refractivity contribution in [2.24, 2.45) is 0 Å². The van der Waals surface area contributed by atoms with Gasteiger partial charge in [-0.1, -0.05) is 23.8 Å². The van der Waals surface area contributed by atoms with Crippen molar-refractivity contribution in [2.75, 3.05) is 0 Å². The molecule has 0 unspecified atom stereocenters. The molecule has 3 aromatic rings. The predicted molar refractivity (Wildman–Crippen MR) is 92.3 cm³/mol. The summed E-state index contributed by atoms with van der Waals surface area (Å²) in [5, 5.41) is 0.741. The third-order valence-electron chi connectivity index (χ3n) is 3.80. The Morgan fingerprint density at radius 1 is 1.07 bits per heavy atom. The number of nitrogens with one attached hydrogen (secondary N) is 3. The van der Waals surface area contributed by atoms with Gasteiger partial charge < -0.3 is 4.98 Å². The van der Waals surface area contributed by atoms with Crippen LogP contribution in [0.1, 0.15) is 21.6 Å². The number of H-pyrrole nitrogens is 1. The summed E-state index contributed by atoms with van der Waals surface area (Å²) in [5.74, 6) is -0.836. The minimum absolute atomic E-state index is 0.0578. The Labute approximate surface area is 152 Å².